The molecule has 0 aliphatic heterocycles. The van der Waals surface area contributed by atoms with Gasteiger partial charge in [0.2, 0.25) is 0 Å². The number of aromatic nitrogens is 3. The van der Waals surface area contributed by atoms with Gasteiger partial charge in [0.1, 0.15) is 5.75 Å². The van der Waals surface area contributed by atoms with Crippen molar-refractivity contribution in [2.45, 2.75) is 0 Å². The van der Waals surface area contributed by atoms with Crippen molar-refractivity contribution in [3.05, 3.63) is 54.7 Å². The minimum Gasteiger partial charge on any atom is -0.426 e. The van der Waals surface area contributed by atoms with Gasteiger partial charge in [0.15, 0.2) is 0 Å². The molecule has 0 spiro atoms. The summed E-state index contributed by atoms with van der Waals surface area (Å²) in [5.41, 5.74) is 8.99. The third-order valence-electron chi connectivity index (χ3n) is 3.28. The maximum atomic E-state index is 5.76. The van der Waals surface area contributed by atoms with Crippen molar-refractivity contribution in [1.29, 1.82) is 0 Å². The van der Waals surface area contributed by atoms with Gasteiger partial charge in [-0.2, -0.15) is 4.98 Å². The Labute approximate surface area is 120 Å². The third kappa shape index (κ3) is 2.14. The smallest absolute Gasteiger partial charge is 0.300 e. The van der Waals surface area contributed by atoms with Crippen molar-refractivity contribution < 1.29 is 4.74 Å². The number of nitrogen functional groups attached to an aromatic ring is 1. The van der Waals surface area contributed by atoms with E-state index in [-0.39, 0.29) is 0 Å². The Kier molecular flexibility index (Phi) is 2.50. The predicted octanol–water partition coefficient (Wildman–Crippen LogP) is 3.49. The van der Waals surface area contributed by atoms with Crippen LogP contribution in [0.3, 0.4) is 0 Å². The standard InChI is InChI=1S/C16H12N4O/c17-11-4-6-13-15(8-11)20-16(19-13)21-12-5-3-10-2-1-7-18-14(10)9-12/h1-9H,17H2,(H,19,20). The van der Waals surface area contributed by atoms with Crippen LogP contribution in [-0.2, 0) is 0 Å². The predicted molar refractivity (Wildman–Crippen MR) is 82.3 cm³/mol. The van der Waals surface area contributed by atoms with Crippen LogP contribution in [0.1, 0.15) is 0 Å². The first-order valence-corrected chi connectivity index (χ1v) is 6.56. The second-order valence-corrected chi connectivity index (χ2v) is 4.78. The molecule has 5 nitrogen and oxygen atoms in total. The van der Waals surface area contributed by atoms with E-state index in [0.717, 1.165) is 21.9 Å². The highest BCUT2D eigenvalue weighted by molar-refractivity contribution is 5.80. The second-order valence-electron chi connectivity index (χ2n) is 4.78. The van der Waals surface area contributed by atoms with Crippen LogP contribution in [0.25, 0.3) is 21.9 Å². The summed E-state index contributed by atoms with van der Waals surface area (Å²) in [6.07, 6.45) is 1.76. The highest BCUT2D eigenvalue weighted by Gasteiger charge is 2.06. The van der Waals surface area contributed by atoms with Gasteiger partial charge >= 0.3 is 0 Å². The highest BCUT2D eigenvalue weighted by atomic mass is 16.5. The number of nitrogens with two attached hydrogens (primary N) is 1. The molecule has 0 saturated heterocycles. The van der Waals surface area contributed by atoms with E-state index in [0.29, 0.717) is 17.4 Å². The van der Waals surface area contributed by atoms with E-state index in [1.165, 1.54) is 0 Å². The number of hydrogen-bond donors (Lipinski definition) is 2. The average molecular weight is 276 g/mol. The van der Waals surface area contributed by atoms with Gasteiger partial charge in [-0.3, -0.25) is 4.98 Å². The van der Waals surface area contributed by atoms with Crippen molar-refractivity contribution in [1.82, 2.24) is 15.0 Å². The summed E-state index contributed by atoms with van der Waals surface area (Å²) in [4.78, 5) is 11.8. The van der Waals surface area contributed by atoms with Gasteiger partial charge < -0.3 is 15.5 Å². The van der Waals surface area contributed by atoms with Crippen molar-refractivity contribution in [2.75, 3.05) is 5.73 Å². The summed E-state index contributed by atoms with van der Waals surface area (Å²) in [6, 6.07) is 15.6. The van der Waals surface area contributed by atoms with Gasteiger partial charge in [0.05, 0.1) is 16.6 Å². The highest BCUT2D eigenvalue weighted by Crippen LogP contribution is 2.25. The Balaban J connectivity index is 1.71. The van der Waals surface area contributed by atoms with Crippen molar-refractivity contribution in [2.24, 2.45) is 0 Å². The summed E-state index contributed by atoms with van der Waals surface area (Å²) in [6.45, 7) is 0. The van der Waals surface area contributed by atoms with E-state index in [1.54, 1.807) is 6.20 Å². The Bertz CT molecular complexity index is 945. The topological polar surface area (TPSA) is 76.8 Å². The molecule has 2 heterocycles. The SMILES string of the molecule is Nc1ccc2nc(Oc3ccc4cccnc4c3)[nH]c2c1. The molecule has 0 bridgehead atoms. The molecule has 4 rings (SSSR count). The number of hydrogen-bond acceptors (Lipinski definition) is 4. The fourth-order valence-electron chi connectivity index (χ4n) is 2.27. The number of aromatic amines is 1. The number of H-pyrrole nitrogens is 1. The molecular formula is C16H12N4O. The lowest BCUT2D eigenvalue weighted by Gasteiger charge is -2.02. The van der Waals surface area contributed by atoms with Crippen molar-refractivity contribution in [3.8, 4) is 11.8 Å². The molecule has 102 valence electrons. The van der Waals surface area contributed by atoms with E-state index in [2.05, 4.69) is 15.0 Å². The van der Waals surface area contributed by atoms with Gasteiger partial charge in [-0.25, -0.2) is 0 Å². The maximum absolute atomic E-state index is 5.76. The normalized spacial score (nSPS) is 11.0. The molecule has 0 radical (unpaired) electrons. The van der Waals surface area contributed by atoms with Crippen LogP contribution in [0.15, 0.2) is 54.7 Å². The van der Waals surface area contributed by atoms with Crippen LogP contribution in [0.2, 0.25) is 0 Å². The largest absolute Gasteiger partial charge is 0.426 e. The Morgan fingerprint density at radius 3 is 2.90 bits per heavy atom. The molecule has 0 atom stereocenters. The first-order chi connectivity index (χ1) is 10.3. The molecule has 3 N–H and O–H groups in total. The lowest BCUT2D eigenvalue weighted by molar-refractivity contribution is 0.450. The zero-order chi connectivity index (χ0) is 14.2. The molecule has 0 aliphatic rings. The number of anilines is 1. The number of rotatable bonds is 2. The summed E-state index contributed by atoms with van der Waals surface area (Å²) >= 11 is 0. The van der Waals surface area contributed by atoms with Crippen LogP contribution in [0.5, 0.6) is 11.8 Å². The van der Waals surface area contributed by atoms with Crippen molar-refractivity contribution >= 4 is 27.6 Å². The number of nitrogens with zero attached hydrogens (tertiary/aromatic N) is 2. The Morgan fingerprint density at radius 2 is 1.95 bits per heavy atom. The Hall–Kier alpha value is -3.08. The van der Waals surface area contributed by atoms with Crippen LogP contribution >= 0.6 is 0 Å². The van der Waals surface area contributed by atoms with Crippen LogP contribution in [0, 0.1) is 0 Å². The molecule has 0 fully saturated rings. The summed E-state index contributed by atoms with van der Waals surface area (Å²) < 4.78 is 5.76. The maximum Gasteiger partial charge on any atom is 0.300 e. The van der Waals surface area contributed by atoms with Gasteiger partial charge in [-0.15, -0.1) is 0 Å². The monoisotopic (exact) mass is 276 g/mol. The summed E-state index contributed by atoms with van der Waals surface area (Å²) in [7, 11) is 0. The van der Waals surface area contributed by atoms with Crippen LogP contribution < -0.4 is 10.5 Å². The van der Waals surface area contributed by atoms with E-state index in [4.69, 9.17) is 10.5 Å². The zero-order valence-corrected chi connectivity index (χ0v) is 11.1. The number of imidazole rings is 1. The molecule has 0 amide bonds. The molecular weight excluding hydrogens is 264 g/mol. The molecule has 5 heteroatoms. The Morgan fingerprint density at radius 1 is 1.00 bits per heavy atom. The number of pyridine rings is 1. The number of ether oxygens (including phenoxy) is 1. The molecule has 2 aromatic carbocycles. The van der Waals surface area contributed by atoms with E-state index in [9.17, 15) is 0 Å². The van der Waals surface area contributed by atoms with Gasteiger partial charge in [0, 0.05) is 23.3 Å². The van der Waals surface area contributed by atoms with E-state index >= 15 is 0 Å². The van der Waals surface area contributed by atoms with E-state index in [1.807, 2.05) is 48.5 Å². The van der Waals surface area contributed by atoms with Gasteiger partial charge in [-0.05, 0) is 36.4 Å². The first kappa shape index (κ1) is 11.7. The summed E-state index contributed by atoms with van der Waals surface area (Å²) in [5, 5.41) is 1.07. The second kappa shape index (κ2) is 4.49. The number of benzene rings is 2. The molecule has 2 aromatic heterocycles. The molecule has 21 heavy (non-hydrogen) atoms. The van der Waals surface area contributed by atoms with E-state index < -0.39 is 0 Å². The molecule has 0 unspecified atom stereocenters. The molecule has 0 saturated carbocycles. The average Bonchev–Trinajstić information content (AvgIpc) is 2.88. The molecule has 4 aromatic rings. The third-order valence-corrected chi connectivity index (χ3v) is 3.28. The van der Waals surface area contributed by atoms with Crippen LogP contribution in [-0.4, -0.2) is 15.0 Å². The zero-order valence-electron chi connectivity index (χ0n) is 11.1. The first-order valence-electron chi connectivity index (χ1n) is 6.56. The minimum atomic E-state index is 0.436. The lowest BCUT2D eigenvalue weighted by atomic mass is 10.2. The molecule has 0 aliphatic carbocycles. The fraction of sp³-hybridized carbons (Fsp3) is 0. The van der Waals surface area contributed by atoms with Crippen molar-refractivity contribution in [3.63, 3.8) is 0 Å². The summed E-state index contributed by atoms with van der Waals surface area (Å²) in [5.74, 6) is 0.688. The number of nitrogens with one attached hydrogen (secondary N) is 1. The minimum absolute atomic E-state index is 0.436. The van der Waals surface area contributed by atoms with Gasteiger partial charge in [0.25, 0.3) is 6.01 Å². The quantitative estimate of drug-likeness (QED) is 0.549. The van der Waals surface area contributed by atoms with Crippen LogP contribution in [0.4, 0.5) is 5.69 Å². The lowest BCUT2D eigenvalue weighted by Crippen LogP contribution is -1.86. The number of fused-ring (bicyclic) bond motifs is 2. The fourth-order valence-corrected chi connectivity index (χ4v) is 2.27. The van der Waals surface area contributed by atoms with Gasteiger partial charge in [-0.1, -0.05) is 6.07 Å².